The van der Waals surface area contributed by atoms with Gasteiger partial charge in [-0.05, 0) is 60.7 Å². The Morgan fingerprint density at radius 3 is 2.54 bits per heavy atom. The van der Waals surface area contributed by atoms with Crippen molar-refractivity contribution in [2.24, 2.45) is 0 Å². The first-order valence-electron chi connectivity index (χ1n) is 9.52. The number of anilines is 1. The summed E-state index contributed by atoms with van der Waals surface area (Å²) in [5, 5.41) is 3.77. The highest BCUT2D eigenvalue weighted by molar-refractivity contribution is 5.52. The smallest absolute Gasteiger partial charge is 0.122 e. The molecule has 4 heteroatoms. The van der Waals surface area contributed by atoms with Crippen molar-refractivity contribution in [1.29, 1.82) is 0 Å². The lowest BCUT2D eigenvalue weighted by Crippen LogP contribution is -2.38. The fourth-order valence-electron chi connectivity index (χ4n) is 4.17. The number of benzene rings is 2. The number of aryl methyl sites for hydroxylation is 1. The van der Waals surface area contributed by atoms with Crippen molar-refractivity contribution in [2.75, 3.05) is 38.3 Å². The van der Waals surface area contributed by atoms with Crippen LogP contribution < -0.4 is 15.0 Å². The summed E-state index contributed by atoms with van der Waals surface area (Å²) in [4.78, 5) is 2.39. The molecule has 26 heavy (non-hydrogen) atoms. The second kappa shape index (κ2) is 7.29. The van der Waals surface area contributed by atoms with Gasteiger partial charge in [-0.15, -0.1) is 0 Å². The van der Waals surface area contributed by atoms with Gasteiger partial charge in [0.05, 0.1) is 26.4 Å². The van der Waals surface area contributed by atoms with E-state index >= 15 is 0 Å². The van der Waals surface area contributed by atoms with Gasteiger partial charge in [0, 0.05) is 24.8 Å². The highest BCUT2D eigenvalue weighted by atomic mass is 16.5. The molecule has 4 nitrogen and oxygen atoms in total. The molecule has 2 aromatic carbocycles. The summed E-state index contributed by atoms with van der Waals surface area (Å²) in [6, 6.07) is 14.2. The lowest BCUT2D eigenvalue weighted by molar-refractivity contribution is 0.122. The number of hydrogen-bond donors (Lipinski definition) is 1. The average molecular weight is 352 g/mol. The zero-order valence-corrected chi connectivity index (χ0v) is 15.9. The molecule has 1 fully saturated rings. The van der Waals surface area contributed by atoms with Crippen LogP contribution >= 0.6 is 0 Å². The van der Waals surface area contributed by atoms with Gasteiger partial charge in [-0.3, -0.25) is 0 Å². The van der Waals surface area contributed by atoms with Crippen molar-refractivity contribution in [2.45, 2.75) is 32.4 Å². The van der Waals surface area contributed by atoms with E-state index in [-0.39, 0.29) is 6.04 Å². The van der Waals surface area contributed by atoms with Crippen molar-refractivity contribution >= 4 is 5.69 Å². The summed E-state index contributed by atoms with van der Waals surface area (Å²) in [6.07, 6.45) is 1.06. The van der Waals surface area contributed by atoms with Gasteiger partial charge in [-0.25, -0.2) is 0 Å². The van der Waals surface area contributed by atoms with E-state index in [2.05, 4.69) is 60.5 Å². The van der Waals surface area contributed by atoms with Crippen molar-refractivity contribution in [3.63, 3.8) is 0 Å². The second-order valence-corrected chi connectivity index (χ2v) is 7.42. The van der Waals surface area contributed by atoms with Gasteiger partial charge in [-0.2, -0.15) is 0 Å². The Bertz CT molecular complexity index is 766. The Kier molecular flexibility index (Phi) is 4.88. The van der Waals surface area contributed by atoms with Gasteiger partial charge in [0.15, 0.2) is 0 Å². The number of nitrogens with one attached hydrogen (secondary N) is 1. The molecule has 2 atom stereocenters. The van der Waals surface area contributed by atoms with Crippen molar-refractivity contribution in [1.82, 2.24) is 5.32 Å². The van der Waals surface area contributed by atoms with Crippen LogP contribution in [-0.4, -0.2) is 39.5 Å². The van der Waals surface area contributed by atoms with Gasteiger partial charge in [0.1, 0.15) is 5.75 Å². The molecule has 0 saturated carbocycles. The van der Waals surface area contributed by atoms with Crippen LogP contribution in [0.2, 0.25) is 0 Å². The molecule has 0 spiro atoms. The van der Waals surface area contributed by atoms with Gasteiger partial charge in [0.25, 0.3) is 0 Å². The zero-order valence-electron chi connectivity index (χ0n) is 15.9. The Balaban J connectivity index is 1.65. The van der Waals surface area contributed by atoms with Crippen molar-refractivity contribution in [3.05, 3.63) is 58.7 Å². The topological polar surface area (TPSA) is 33.7 Å². The molecular formula is C22H28N2O2. The molecule has 2 aliphatic rings. The quantitative estimate of drug-likeness (QED) is 0.917. The molecule has 0 amide bonds. The maximum absolute atomic E-state index is 5.57. The third-order valence-corrected chi connectivity index (χ3v) is 5.55. The summed E-state index contributed by atoms with van der Waals surface area (Å²) in [6.45, 7) is 7.95. The van der Waals surface area contributed by atoms with Crippen LogP contribution in [0.5, 0.6) is 5.75 Å². The Morgan fingerprint density at radius 1 is 1.12 bits per heavy atom. The minimum atomic E-state index is 0.210. The molecule has 0 aliphatic carbocycles. The van der Waals surface area contributed by atoms with E-state index in [0.29, 0.717) is 6.04 Å². The summed E-state index contributed by atoms with van der Waals surface area (Å²) in [7, 11) is 1.75. The van der Waals surface area contributed by atoms with Gasteiger partial charge in [-0.1, -0.05) is 18.2 Å². The fourth-order valence-corrected chi connectivity index (χ4v) is 4.17. The first-order chi connectivity index (χ1) is 12.7. The minimum absolute atomic E-state index is 0.210. The molecule has 1 unspecified atom stereocenters. The molecule has 4 rings (SSSR count). The molecule has 1 N–H and O–H groups in total. The lowest BCUT2D eigenvalue weighted by Gasteiger charge is -2.33. The van der Waals surface area contributed by atoms with Crippen LogP contribution in [0.4, 0.5) is 5.69 Å². The highest BCUT2D eigenvalue weighted by Gasteiger charge is 2.26. The Labute approximate surface area is 156 Å². The van der Waals surface area contributed by atoms with E-state index in [1.807, 2.05) is 0 Å². The van der Waals surface area contributed by atoms with Crippen LogP contribution in [0.3, 0.4) is 0 Å². The van der Waals surface area contributed by atoms with Crippen LogP contribution in [0.25, 0.3) is 0 Å². The number of fused-ring (bicyclic) bond motifs is 1. The third kappa shape index (κ3) is 3.31. The second-order valence-electron chi connectivity index (χ2n) is 7.42. The van der Waals surface area contributed by atoms with Crippen LogP contribution in [0, 0.1) is 6.92 Å². The molecule has 2 heterocycles. The van der Waals surface area contributed by atoms with Gasteiger partial charge in [0.2, 0.25) is 0 Å². The SMILES string of the molecule is COc1cc2c(cc1C)C[C@H](C)NC2c1ccc(N2CCOCC2)cc1. The minimum Gasteiger partial charge on any atom is -0.496 e. The van der Waals surface area contributed by atoms with E-state index in [9.17, 15) is 0 Å². The van der Waals surface area contributed by atoms with E-state index in [1.54, 1.807) is 7.11 Å². The van der Waals surface area contributed by atoms with Crippen LogP contribution in [0.1, 0.15) is 35.2 Å². The standard InChI is InChI=1S/C22H28N2O2/c1-15-12-18-13-16(2)23-22(20(18)14-21(15)25-3)17-4-6-19(7-5-17)24-8-10-26-11-9-24/h4-7,12,14,16,22-23H,8-11,13H2,1-3H3/t16-,22?/m0/s1. The van der Waals surface area contributed by atoms with Gasteiger partial charge < -0.3 is 19.7 Å². The first kappa shape index (κ1) is 17.4. The summed E-state index contributed by atoms with van der Waals surface area (Å²) in [5.74, 6) is 0.968. The number of methoxy groups -OCH3 is 1. The number of rotatable bonds is 3. The molecule has 0 aromatic heterocycles. The highest BCUT2D eigenvalue weighted by Crippen LogP contribution is 2.35. The Morgan fingerprint density at radius 2 is 1.85 bits per heavy atom. The van der Waals surface area contributed by atoms with Crippen LogP contribution in [0.15, 0.2) is 36.4 Å². The lowest BCUT2D eigenvalue weighted by atomic mass is 9.86. The molecular weight excluding hydrogens is 324 g/mol. The van der Waals surface area contributed by atoms with E-state index in [1.165, 1.54) is 27.9 Å². The van der Waals surface area contributed by atoms with E-state index in [0.717, 1.165) is 38.5 Å². The van der Waals surface area contributed by atoms with E-state index < -0.39 is 0 Å². The largest absolute Gasteiger partial charge is 0.496 e. The van der Waals surface area contributed by atoms with Gasteiger partial charge >= 0.3 is 0 Å². The molecule has 0 radical (unpaired) electrons. The summed E-state index contributed by atoms with van der Waals surface area (Å²) < 4.78 is 11.0. The molecule has 2 aliphatic heterocycles. The molecule has 0 bridgehead atoms. The Hall–Kier alpha value is -2.04. The first-order valence-corrected chi connectivity index (χ1v) is 9.52. The predicted octanol–water partition coefficient (Wildman–Crippen LogP) is 3.46. The van der Waals surface area contributed by atoms with E-state index in [4.69, 9.17) is 9.47 Å². The monoisotopic (exact) mass is 352 g/mol. The summed E-state index contributed by atoms with van der Waals surface area (Å²) >= 11 is 0. The fraction of sp³-hybridized carbons (Fsp3) is 0.455. The molecule has 1 saturated heterocycles. The number of morpholine rings is 1. The molecule has 138 valence electrons. The third-order valence-electron chi connectivity index (χ3n) is 5.55. The summed E-state index contributed by atoms with van der Waals surface area (Å²) in [5.41, 5.74) is 6.56. The predicted molar refractivity (Wildman–Crippen MR) is 105 cm³/mol. The zero-order chi connectivity index (χ0) is 18.1. The number of hydrogen-bond acceptors (Lipinski definition) is 4. The number of nitrogens with zero attached hydrogens (tertiary/aromatic N) is 1. The van der Waals surface area contributed by atoms with Crippen molar-refractivity contribution < 1.29 is 9.47 Å². The number of ether oxygens (including phenoxy) is 2. The van der Waals surface area contributed by atoms with Crippen LogP contribution in [-0.2, 0) is 11.2 Å². The molecule has 2 aromatic rings. The maximum atomic E-state index is 5.57. The average Bonchev–Trinajstić information content (AvgIpc) is 2.67. The van der Waals surface area contributed by atoms with Crippen molar-refractivity contribution in [3.8, 4) is 5.75 Å². The maximum Gasteiger partial charge on any atom is 0.122 e. The normalized spacial score (nSPS) is 22.8.